The molecule has 2 rings (SSSR count). The van der Waals surface area contributed by atoms with Gasteiger partial charge in [-0.15, -0.1) is 0 Å². The molecule has 0 bridgehead atoms. The summed E-state index contributed by atoms with van der Waals surface area (Å²) in [5.41, 5.74) is 4.93. The molecule has 0 aliphatic heterocycles. The van der Waals surface area contributed by atoms with Crippen LogP contribution in [0.25, 0.3) is 0 Å². The Labute approximate surface area is 98.5 Å². The van der Waals surface area contributed by atoms with Gasteiger partial charge in [0, 0.05) is 0 Å². The summed E-state index contributed by atoms with van der Waals surface area (Å²) in [4.78, 5) is 11.9. The number of carbonyl (C=O) groups excluding carboxylic acids is 1. The molecule has 1 saturated carbocycles. The van der Waals surface area contributed by atoms with Gasteiger partial charge in [0.2, 0.25) is 0 Å². The van der Waals surface area contributed by atoms with Crippen LogP contribution in [0.5, 0.6) is 0 Å². The second-order valence-corrected chi connectivity index (χ2v) is 4.21. The zero-order valence-corrected chi connectivity index (χ0v) is 9.35. The Balaban J connectivity index is 2.17. The number of carbonyl (C=O) groups is 1. The van der Waals surface area contributed by atoms with Crippen LogP contribution in [0.1, 0.15) is 36.2 Å². The monoisotopic (exact) mass is 237 g/mol. The highest BCUT2D eigenvalue weighted by Gasteiger charge is 2.40. The number of nitrogens with two attached hydrogens (primary N) is 1. The van der Waals surface area contributed by atoms with E-state index in [0.717, 1.165) is 12.8 Å². The van der Waals surface area contributed by atoms with Crippen LogP contribution in [0, 0.1) is 0 Å². The average Bonchev–Trinajstić information content (AvgIpc) is 2.99. The first-order chi connectivity index (χ1) is 8.18. The standard InChI is InChI=1S/C11H15N3O3/c12-10(14-16)11(5-1-2-6-11)13-9(15)8-4-3-7-17-8/h3-4,7,16H,1-2,5-6H2,(H2,12,14)(H,13,15). The van der Waals surface area contributed by atoms with Crippen LogP contribution in [0.3, 0.4) is 0 Å². The summed E-state index contributed by atoms with van der Waals surface area (Å²) in [6.45, 7) is 0. The smallest absolute Gasteiger partial charge is 0.287 e. The Morgan fingerprint density at radius 2 is 2.24 bits per heavy atom. The minimum atomic E-state index is -0.737. The van der Waals surface area contributed by atoms with Crippen molar-refractivity contribution in [1.29, 1.82) is 0 Å². The van der Waals surface area contributed by atoms with Gasteiger partial charge in [-0.1, -0.05) is 18.0 Å². The topological polar surface area (TPSA) is 101 Å². The molecule has 6 nitrogen and oxygen atoms in total. The molecule has 0 radical (unpaired) electrons. The minimum absolute atomic E-state index is 0.0508. The third kappa shape index (κ3) is 2.11. The highest BCUT2D eigenvalue weighted by molar-refractivity contribution is 5.98. The third-order valence-electron chi connectivity index (χ3n) is 3.15. The largest absolute Gasteiger partial charge is 0.459 e. The van der Waals surface area contributed by atoms with Crippen molar-refractivity contribution < 1.29 is 14.4 Å². The molecule has 92 valence electrons. The molecular weight excluding hydrogens is 222 g/mol. The highest BCUT2D eigenvalue weighted by Crippen LogP contribution is 2.30. The number of nitrogens with zero attached hydrogens (tertiary/aromatic N) is 1. The van der Waals surface area contributed by atoms with E-state index >= 15 is 0 Å². The van der Waals surface area contributed by atoms with E-state index < -0.39 is 5.54 Å². The van der Waals surface area contributed by atoms with Crippen molar-refractivity contribution in [2.24, 2.45) is 10.9 Å². The van der Waals surface area contributed by atoms with Crippen LogP contribution < -0.4 is 11.1 Å². The van der Waals surface area contributed by atoms with Crippen molar-refractivity contribution in [2.45, 2.75) is 31.2 Å². The molecule has 6 heteroatoms. The summed E-state index contributed by atoms with van der Waals surface area (Å²) < 4.78 is 5.01. The van der Waals surface area contributed by atoms with Crippen molar-refractivity contribution >= 4 is 11.7 Å². The second kappa shape index (κ2) is 4.48. The molecule has 0 saturated heterocycles. The van der Waals surface area contributed by atoms with E-state index in [1.165, 1.54) is 6.26 Å². The van der Waals surface area contributed by atoms with Gasteiger partial charge in [-0.2, -0.15) is 0 Å². The van der Waals surface area contributed by atoms with Gasteiger partial charge in [0.25, 0.3) is 5.91 Å². The van der Waals surface area contributed by atoms with Gasteiger partial charge in [0.15, 0.2) is 11.6 Å². The molecule has 4 N–H and O–H groups in total. The predicted molar refractivity (Wildman–Crippen MR) is 60.8 cm³/mol. The van der Waals surface area contributed by atoms with Crippen LogP contribution in [-0.4, -0.2) is 22.5 Å². The molecule has 1 aliphatic rings. The van der Waals surface area contributed by atoms with E-state index in [1.54, 1.807) is 12.1 Å². The van der Waals surface area contributed by atoms with E-state index in [4.69, 9.17) is 15.4 Å². The van der Waals surface area contributed by atoms with E-state index in [1.807, 2.05) is 0 Å². The predicted octanol–water partition coefficient (Wildman–Crippen LogP) is 1.07. The number of hydrogen-bond donors (Lipinski definition) is 3. The fourth-order valence-corrected chi connectivity index (χ4v) is 2.21. The molecule has 1 aliphatic carbocycles. The van der Waals surface area contributed by atoms with Crippen LogP contribution in [-0.2, 0) is 0 Å². The molecular formula is C11H15N3O3. The van der Waals surface area contributed by atoms with Gasteiger partial charge >= 0.3 is 0 Å². The number of hydrogen-bond acceptors (Lipinski definition) is 4. The van der Waals surface area contributed by atoms with Crippen molar-refractivity contribution in [1.82, 2.24) is 5.32 Å². The van der Waals surface area contributed by atoms with Gasteiger partial charge in [-0.05, 0) is 25.0 Å². The Bertz CT molecular complexity index is 419. The summed E-state index contributed by atoms with van der Waals surface area (Å²) in [5, 5.41) is 14.6. The molecule has 1 heterocycles. The first-order valence-corrected chi connectivity index (χ1v) is 5.52. The second-order valence-electron chi connectivity index (χ2n) is 4.21. The molecule has 0 unspecified atom stereocenters. The zero-order chi connectivity index (χ0) is 12.3. The summed E-state index contributed by atoms with van der Waals surface area (Å²) in [5.74, 6) is -0.0691. The molecule has 1 amide bonds. The van der Waals surface area contributed by atoms with Crippen molar-refractivity contribution in [3.63, 3.8) is 0 Å². The first kappa shape index (κ1) is 11.5. The number of amides is 1. The van der Waals surface area contributed by atoms with E-state index in [0.29, 0.717) is 12.8 Å². The van der Waals surface area contributed by atoms with Gasteiger partial charge in [0.05, 0.1) is 6.26 Å². The molecule has 1 aromatic heterocycles. The van der Waals surface area contributed by atoms with E-state index in [-0.39, 0.29) is 17.5 Å². The lowest BCUT2D eigenvalue weighted by Crippen LogP contribution is -2.55. The summed E-state index contributed by atoms with van der Waals surface area (Å²) in [7, 11) is 0. The maximum Gasteiger partial charge on any atom is 0.287 e. The number of amidine groups is 1. The number of rotatable bonds is 3. The lowest BCUT2D eigenvalue weighted by molar-refractivity contribution is 0.0894. The molecule has 1 aromatic rings. The molecule has 1 fully saturated rings. The van der Waals surface area contributed by atoms with Crippen molar-refractivity contribution in [3.8, 4) is 0 Å². The quantitative estimate of drug-likeness (QED) is 0.317. The van der Waals surface area contributed by atoms with Crippen molar-refractivity contribution in [2.75, 3.05) is 0 Å². The Morgan fingerprint density at radius 1 is 1.53 bits per heavy atom. The number of nitrogens with one attached hydrogen (secondary N) is 1. The normalized spacial score (nSPS) is 19.2. The average molecular weight is 237 g/mol. The van der Waals surface area contributed by atoms with Gasteiger partial charge in [0.1, 0.15) is 5.54 Å². The Hall–Kier alpha value is -1.98. The fraction of sp³-hybridized carbons (Fsp3) is 0.455. The molecule has 17 heavy (non-hydrogen) atoms. The summed E-state index contributed by atoms with van der Waals surface area (Å²) in [6, 6.07) is 3.21. The maximum absolute atomic E-state index is 11.9. The van der Waals surface area contributed by atoms with Crippen molar-refractivity contribution in [3.05, 3.63) is 24.2 Å². The van der Waals surface area contributed by atoms with Gasteiger partial charge in [-0.3, -0.25) is 4.79 Å². The van der Waals surface area contributed by atoms with Gasteiger partial charge < -0.3 is 20.7 Å². The molecule has 0 aromatic carbocycles. The third-order valence-corrected chi connectivity index (χ3v) is 3.15. The lowest BCUT2D eigenvalue weighted by atomic mass is 9.96. The highest BCUT2D eigenvalue weighted by atomic mass is 16.4. The minimum Gasteiger partial charge on any atom is -0.459 e. The number of oxime groups is 1. The molecule has 0 atom stereocenters. The van der Waals surface area contributed by atoms with Crippen LogP contribution in [0.4, 0.5) is 0 Å². The fourth-order valence-electron chi connectivity index (χ4n) is 2.21. The first-order valence-electron chi connectivity index (χ1n) is 5.52. The van der Waals surface area contributed by atoms with Crippen LogP contribution >= 0.6 is 0 Å². The van der Waals surface area contributed by atoms with E-state index in [2.05, 4.69) is 10.5 Å². The summed E-state index contributed by atoms with van der Waals surface area (Å²) in [6.07, 6.45) is 4.66. The summed E-state index contributed by atoms with van der Waals surface area (Å²) >= 11 is 0. The van der Waals surface area contributed by atoms with Crippen LogP contribution in [0.2, 0.25) is 0 Å². The van der Waals surface area contributed by atoms with E-state index in [9.17, 15) is 4.79 Å². The SMILES string of the molecule is N/C(=N/O)C1(NC(=O)c2ccco2)CCCC1. The Kier molecular flexibility index (Phi) is 3.03. The molecule has 0 spiro atoms. The zero-order valence-electron chi connectivity index (χ0n) is 9.35. The maximum atomic E-state index is 11.9. The van der Waals surface area contributed by atoms with Gasteiger partial charge in [-0.25, -0.2) is 0 Å². The van der Waals surface area contributed by atoms with Crippen LogP contribution in [0.15, 0.2) is 28.0 Å². The number of furan rings is 1. The lowest BCUT2D eigenvalue weighted by Gasteiger charge is -2.28. The Morgan fingerprint density at radius 3 is 2.76 bits per heavy atom.